The lowest BCUT2D eigenvalue weighted by Gasteiger charge is -2.06. The first kappa shape index (κ1) is 15.4. The Morgan fingerprint density at radius 2 is 1.87 bits per heavy atom. The Balaban J connectivity index is 1.56. The van der Waals surface area contributed by atoms with Crippen LogP contribution in [0.1, 0.15) is 15.9 Å². The van der Waals surface area contributed by atoms with Gasteiger partial charge in [0.2, 0.25) is 6.79 Å². The molecule has 0 spiro atoms. The smallest absolute Gasteiger partial charge is 0.310 e. The molecular formula is C17H13ClO5. The first-order chi connectivity index (χ1) is 11.1. The molecule has 0 saturated heterocycles. The second kappa shape index (κ2) is 6.71. The van der Waals surface area contributed by atoms with E-state index in [1.54, 1.807) is 42.5 Å². The zero-order chi connectivity index (χ0) is 16.2. The summed E-state index contributed by atoms with van der Waals surface area (Å²) in [7, 11) is 0. The summed E-state index contributed by atoms with van der Waals surface area (Å²) in [6, 6.07) is 11.8. The molecule has 1 heterocycles. The molecule has 0 amide bonds. The van der Waals surface area contributed by atoms with E-state index in [-0.39, 0.29) is 25.6 Å². The minimum absolute atomic E-state index is 0.0219. The van der Waals surface area contributed by atoms with Gasteiger partial charge >= 0.3 is 5.97 Å². The predicted molar refractivity (Wildman–Crippen MR) is 83.0 cm³/mol. The molecule has 0 aliphatic carbocycles. The molecular weight excluding hydrogens is 320 g/mol. The van der Waals surface area contributed by atoms with Crippen molar-refractivity contribution in [3.63, 3.8) is 0 Å². The topological polar surface area (TPSA) is 61.8 Å². The fourth-order valence-corrected chi connectivity index (χ4v) is 2.35. The van der Waals surface area contributed by atoms with Gasteiger partial charge in [0.1, 0.15) is 0 Å². The molecule has 0 aromatic heterocycles. The summed E-state index contributed by atoms with van der Waals surface area (Å²) in [6.07, 6.45) is 0.0219. The van der Waals surface area contributed by atoms with Crippen LogP contribution in [0.4, 0.5) is 0 Å². The Morgan fingerprint density at radius 3 is 2.70 bits per heavy atom. The third-order valence-electron chi connectivity index (χ3n) is 3.35. The number of carbonyl (C=O) groups excluding carboxylic acids is 2. The van der Waals surface area contributed by atoms with Crippen molar-refractivity contribution in [2.45, 2.75) is 6.42 Å². The highest BCUT2D eigenvalue weighted by atomic mass is 35.5. The summed E-state index contributed by atoms with van der Waals surface area (Å²) in [6.45, 7) is -0.192. The van der Waals surface area contributed by atoms with Gasteiger partial charge in [-0.1, -0.05) is 29.8 Å². The molecule has 0 fully saturated rings. The lowest BCUT2D eigenvalue weighted by molar-refractivity contribution is -0.141. The second-order valence-corrected chi connectivity index (χ2v) is 5.33. The summed E-state index contributed by atoms with van der Waals surface area (Å²) >= 11 is 5.98. The SMILES string of the molecule is O=C(Cc1ccccc1Cl)OCC(=O)c1ccc2c(c1)OCO2. The van der Waals surface area contributed by atoms with Crippen molar-refractivity contribution in [1.29, 1.82) is 0 Å². The largest absolute Gasteiger partial charge is 0.457 e. The molecule has 118 valence electrons. The van der Waals surface area contributed by atoms with E-state index in [1.165, 1.54) is 0 Å². The van der Waals surface area contributed by atoms with Gasteiger partial charge in [0.05, 0.1) is 6.42 Å². The Hall–Kier alpha value is -2.53. The van der Waals surface area contributed by atoms with E-state index in [1.807, 2.05) is 0 Å². The number of hydrogen-bond acceptors (Lipinski definition) is 5. The lowest BCUT2D eigenvalue weighted by Crippen LogP contribution is -2.15. The molecule has 3 rings (SSSR count). The standard InChI is InChI=1S/C17H13ClO5/c18-13-4-2-1-3-11(13)8-17(20)21-9-14(19)12-5-6-15-16(7-12)23-10-22-15/h1-7H,8-10H2. The van der Waals surface area contributed by atoms with Crippen LogP contribution in [0.25, 0.3) is 0 Å². The van der Waals surface area contributed by atoms with E-state index in [0.717, 1.165) is 0 Å². The summed E-state index contributed by atoms with van der Waals surface area (Å²) in [5.74, 6) is 0.290. The number of hydrogen-bond donors (Lipinski definition) is 0. The molecule has 0 unspecified atom stereocenters. The zero-order valence-corrected chi connectivity index (χ0v) is 12.8. The van der Waals surface area contributed by atoms with Crippen LogP contribution in [0.15, 0.2) is 42.5 Å². The quantitative estimate of drug-likeness (QED) is 0.622. The van der Waals surface area contributed by atoms with Crippen LogP contribution in [0.3, 0.4) is 0 Å². The first-order valence-corrected chi connectivity index (χ1v) is 7.33. The molecule has 6 heteroatoms. The van der Waals surface area contributed by atoms with Crippen molar-refractivity contribution in [3.05, 3.63) is 58.6 Å². The van der Waals surface area contributed by atoms with E-state index >= 15 is 0 Å². The third-order valence-corrected chi connectivity index (χ3v) is 3.72. The van der Waals surface area contributed by atoms with Gasteiger partial charge in [0.25, 0.3) is 0 Å². The van der Waals surface area contributed by atoms with E-state index < -0.39 is 5.97 Å². The van der Waals surface area contributed by atoms with Crippen LogP contribution in [-0.4, -0.2) is 25.2 Å². The average Bonchev–Trinajstić information content (AvgIpc) is 3.02. The number of Topliss-reactive ketones (excluding diaryl/α,β-unsaturated/α-hetero) is 1. The van der Waals surface area contributed by atoms with E-state index in [4.69, 9.17) is 25.8 Å². The Bertz CT molecular complexity index is 756. The number of carbonyl (C=O) groups is 2. The first-order valence-electron chi connectivity index (χ1n) is 6.95. The molecule has 2 aromatic carbocycles. The molecule has 0 saturated carbocycles. The predicted octanol–water partition coefficient (Wildman–Crippen LogP) is 3.04. The van der Waals surface area contributed by atoms with Crippen molar-refractivity contribution < 1.29 is 23.8 Å². The zero-order valence-electron chi connectivity index (χ0n) is 12.1. The third kappa shape index (κ3) is 3.63. The Kier molecular flexibility index (Phi) is 4.48. The molecule has 5 nitrogen and oxygen atoms in total. The van der Waals surface area contributed by atoms with E-state index in [9.17, 15) is 9.59 Å². The maximum absolute atomic E-state index is 12.1. The van der Waals surface area contributed by atoms with E-state index in [2.05, 4.69) is 0 Å². The van der Waals surface area contributed by atoms with Crippen LogP contribution < -0.4 is 9.47 Å². The Morgan fingerprint density at radius 1 is 1.09 bits per heavy atom. The summed E-state index contributed by atoms with van der Waals surface area (Å²) in [4.78, 5) is 23.9. The normalized spacial score (nSPS) is 12.0. The van der Waals surface area contributed by atoms with Gasteiger partial charge in [-0.25, -0.2) is 0 Å². The lowest BCUT2D eigenvalue weighted by atomic mass is 10.1. The highest BCUT2D eigenvalue weighted by Gasteiger charge is 2.17. The maximum Gasteiger partial charge on any atom is 0.310 e. The minimum atomic E-state index is -0.507. The fourth-order valence-electron chi connectivity index (χ4n) is 2.15. The monoisotopic (exact) mass is 332 g/mol. The van der Waals surface area contributed by atoms with Gasteiger partial charge in [-0.15, -0.1) is 0 Å². The number of halogens is 1. The second-order valence-electron chi connectivity index (χ2n) is 4.92. The molecule has 0 N–H and O–H groups in total. The van der Waals surface area contributed by atoms with Crippen LogP contribution in [-0.2, 0) is 16.0 Å². The highest BCUT2D eigenvalue weighted by Crippen LogP contribution is 2.32. The van der Waals surface area contributed by atoms with Crippen LogP contribution >= 0.6 is 11.6 Å². The summed E-state index contributed by atoms with van der Waals surface area (Å²) < 4.78 is 15.4. The van der Waals surface area contributed by atoms with Crippen molar-refractivity contribution in [2.24, 2.45) is 0 Å². The van der Waals surface area contributed by atoms with Gasteiger partial charge < -0.3 is 14.2 Å². The van der Waals surface area contributed by atoms with Gasteiger partial charge in [-0.3, -0.25) is 9.59 Å². The van der Waals surface area contributed by atoms with Crippen LogP contribution in [0.5, 0.6) is 11.5 Å². The average molecular weight is 333 g/mol. The van der Waals surface area contributed by atoms with E-state index in [0.29, 0.717) is 27.6 Å². The minimum Gasteiger partial charge on any atom is -0.457 e. The molecule has 0 bridgehead atoms. The number of ketones is 1. The molecule has 2 aromatic rings. The van der Waals surface area contributed by atoms with Crippen molar-refractivity contribution >= 4 is 23.4 Å². The number of rotatable bonds is 5. The van der Waals surface area contributed by atoms with Crippen molar-refractivity contribution in [2.75, 3.05) is 13.4 Å². The number of benzene rings is 2. The molecule has 23 heavy (non-hydrogen) atoms. The van der Waals surface area contributed by atoms with Gasteiger partial charge in [0.15, 0.2) is 23.9 Å². The molecule has 0 radical (unpaired) electrons. The number of ether oxygens (including phenoxy) is 3. The maximum atomic E-state index is 12.1. The van der Waals surface area contributed by atoms with Crippen LogP contribution in [0.2, 0.25) is 5.02 Å². The number of fused-ring (bicyclic) bond motifs is 1. The molecule has 1 aliphatic heterocycles. The Labute approximate surface area is 137 Å². The van der Waals surface area contributed by atoms with Crippen molar-refractivity contribution in [3.8, 4) is 11.5 Å². The van der Waals surface area contributed by atoms with Crippen molar-refractivity contribution in [1.82, 2.24) is 0 Å². The van der Waals surface area contributed by atoms with Gasteiger partial charge in [0, 0.05) is 10.6 Å². The van der Waals surface area contributed by atoms with Gasteiger partial charge in [-0.05, 0) is 29.8 Å². The fraction of sp³-hybridized carbons (Fsp3) is 0.176. The van der Waals surface area contributed by atoms with Crippen LogP contribution in [0, 0.1) is 0 Å². The summed E-state index contributed by atoms with van der Waals surface area (Å²) in [5.41, 5.74) is 1.06. The van der Waals surface area contributed by atoms with Gasteiger partial charge in [-0.2, -0.15) is 0 Å². The molecule has 1 aliphatic rings. The summed E-state index contributed by atoms with van der Waals surface area (Å²) in [5, 5.41) is 0.492. The molecule has 0 atom stereocenters. The highest BCUT2D eigenvalue weighted by molar-refractivity contribution is 6.31. The number of esters is 1.